The molecule has 1 heterocycles. The van der Waals surface area contributed by atoms with Crippen LogP contribution < -0.4 is 5.43 Å². The van der Waals surface area contributed by atoms with Crippen molar-refractivity contribution < 1.29 is 13.9 Å². The second-order valence-corrected chi connectivity index (χ2v) is 5.49. The average Bonchev–Trinajstić information content (AvgIpc) is 2.97. The van der Waals surface area contributed by atoms with Gasteiger partial charge in [0.05, 0.1) is 31.6 Å². The van der Waals surface area contributed by atoms with E-state index in [0.717, 1.165) is 11.1 Å². The standard InChI is InChI=1S/C16H18FN3O2S/c1-2-22-15(21)9-14-11-23-16(19-14)20-18-10-13-6-4-3-5-12(13)7-8-17/h3-6,10-11H,2,7-9H2,1H3,(H,19,20). The summed E-state index contributed by atoms with van der Waals surface area (Å²) in [5, 5.41) is 6.49. The number of alkyl halides is 1. The molecule has 1 aromatic heterocycles. The normalized spacial score (nSPS) is 10.9. The number of hydrazone groups is 1. The Morgan fingerprint density at radius 2 is 2.30 bits per heavy atom. The summed E-state index contributed by atoms with van der Waals surface area (Å²) in [6.45, 7) is 1.72. The van der Waals surface area contributed by atoms with E-state index in [0.29, 0.717) is 23.9 Å². The maximum absolute atomic E-state index is 12.5. The molecule has 7 heteroatoms. The smallest absolute Gasteiger partial charge is 0.311 e. The van der Waals surface area contributed by atoms with Crippen molar-refractivity contribution in [2.75, 3.05) is 18.7 Å². The number of ether oxygens (including phenoxy) is 1. The van der Waals surface area contributed by atoms with Gasteiger partial charge in [0, 0.05) is 11.8 Å². The molecule has 0 aliphatic heterocycles. The third kappa shape index (κ3) is 5.45. The lowest BCUT2D eigenvalue weighted by molar-refractivity contribution is -0.142. The Morgan fingerprint density at radius 3 is 3.09 bits per heavy atom. The number of esters is 1. The zero-order valence-electron chi connectivity index (χ0n) is 12.8. The van der Waals surface area contributed by atoms with Gasteiger partial charge in [-0.1, -0.05) is 24.3 Å². The fraction of sp³-hybridized carbons (Fsp3) is 0.312. The number of rotatable bonds is 8. The van der Waals surface area contributed by atoms with Crippen molar-refractivity contribution in [3.8, 4) is 0 Å². The SMILES string of the molecule is CCOC(=O)Cc1csc(NN=Cc2ccccc2CCF)n1. The summed E-state index contributed by atoms with van der Waals surface area (Å²) in [5.41, 5.74) is 5.23. The van der Waals surface area contributed by atoms with Crippen LogP contribution in [0.25, 0.3) is 0 Å². The van der Waals surface area contributed by atoms with Crippen LogP contribution in [0.4, 0.5) is 9.52 Å². The minimum Gasteiger partial charge on any atom is -0.466 e. The van der Waals surface area contributed by atoms with E-state index < -0.39 is 6.67 Å². The number of anilines is 1. The van der Waals surface area contributed by atoms with E-state index in [1.165, 1.54) is 11.3 Å². The van der Waals surface area contributed by atoms with Crippen molar-refractivity contribution in [3.63, 3.8) is 0 Å². The lowest BCUT2D eigenvalue weighted by Crippen LogP contribution is -2.07. The number of hydrogen-bond acceptors (Lipinski definition) is 6. The molecule has 0 amide bonds. The van der Waals surface area contributed by atoms with Crippen LogP contribution in [-0.4, -0.2) is 30.4 Å². The number of halogens is 1. The van der Waals surface area contributed by atoms with Gasteiger partial charge in [0.2, 0.25) is 5.13 Å². The average molecular weight is 335 g/mol. The molecule has 0 aliphatic carbocycles. The number of carbonyl (C=O) groups excluding carboxylic acids is 1. The number of thiazole rings is 1. The summed E-state index contributed by atoms with van der Waals surface area (Å²) in [7, 11) is 0. The van der Waals surface area contributed by atoms with Gasteiger partial charge in [0.1, 0.15) is 0 Å². The van der Waals surface area contributed by atoms with Crippen LogP contribution in [-0.2, 0) is 22.4 Å². The van der Waals surface area contributed by atoms with Crippen LogP contribution in [0.5, 0.6) is 0 Å². The van der Waals surface area contributed by atoms with Gasteiger partial charge in [-0.3, -0.25) is 14.6 Å². The molecule has 2 aromatic rings. The molecular formula is C16H18FN3O2S. The Labute approximate surface area is 138 Å². The Balaban J connectivity index is 1.93. The molecule has 0 spiro atoms. The summed E-state index contributed by atoms with van der Waals surface area (Å²) in [6.07, 6.45) is 2.15. The maximum Gasteiger partial charge on any atom is 0.311 e. The number of aromatic nitrogens is 1. The first-order valence-electron chi connectivity index (χ1n) is 7.26. The molecule has 0 radical (unpaired) electrons. The second kappa shape index (κ2) is 8.99. The summed E-state index contributed by atoms with van der Waals surface area (Å²) in [6, 6.07) is 7.51. The van der Waals surface area contributed by atoms with Gasteiger partial charge in [-0.05, 0) is 18.1 Å². The fourth-order valence-electron chi connectivity index (χ4n) is 1.95. The van der Waals surface area contributed by atoms with Gasteiger partial charge < -0.3 is 4.74 Å². The number of aryl methyl sites for hydroxylation is 1. The van der Waals surface area contributed by atoms with E-state index in [2.05, 4.69) is 15.5 Å². The number of nitrogens with zero attached hydrogens (tertiary/aromatic N) is 2. The fourth-order valence-corrected chi connectivity index (χ4v) is 2.61. The van der Waals surface area contributed by atoms with Crippen LogP contribution >= 0.6 is 11.3 Å². The molecule has 0 aliphatic rings. The predicted octanol–water partition coefficient (Wildman–Crippen LogP) is 3.21. The maximum atomic E-state index is 12.5. The molecule has 23 heavy (non-hydrogen) atoms. The van der Waals surface area contributed by atoms with E-state index in [1.54, 1.807) is 18.5 Å². The molecule has 5 nitrogen and oxygen atoms in total. The molecule has 0 unspecified atom stereocenters. The predicted molar refractivity (Wildman–Crippen MR) is 89.8 cm³/mol. The van der Waals surface area contributed by atoms with Crippen LogP contribution in [0, 0.1) is 0 Å². The van der Waals surface area contributed by atoms with Crippen LogP contribution in [0.2, 0.25) is 0 Å². The van der Waals surface area contributed by atoms with Crippen molar-refractivity contribution in [3.05, 3.63) is 46.5 Å². The van der Waals surface area contributed by atoms with Gasteiger partial charge in [0.25, 0.3) is 0 Å². The quantitative estimate of drug-likeness (QED) is 0.457. The summed E-state index contributed by atoms with van der Waals surface area (Å²) >= 11 is 1.36. The van der Waals surface area contributed by atoms with Crippen molar-refractivity contribution in [1.82, 2.24) is 4.98 Å². The zero-order chi connectivity index (χ0) is 16.5. The van der Waals surface area contributed by atoms with Gasteiger partial charge in [-0.15, -0.1) is 11.3 Å². The first-order valence-corrected chi connectivity index (χ1v) is 8.14. The molecule has 0 fully saturated rings. The molecule has 0 bridgehead atoms. The molecule has 0 saturated carbocycles. The van der Waals surface area contributed by atoms with Gasteiger partial charge in [-0.2, -0.15) is 5.10 Å². The highest BCUT2D eigenvalue weighted by Crippen LogP contribution is 2.16. The Hall–Kier alpha value is -2.28. The van der Waals surface area contributed by atoms with Crippen molar-refractivity contribution in [2.24, 2.45) is 5.10 Å². The number of carbonyl (C=O) groups is 1. The third-order valence-corrected chi connectivity index (χ3v) is 3.76. The van der Waals surface area contributed by atoms with Crippen LogP contribution in [0.15, 0.2) is 34.7 Å². The largest absolute Gasteiger partial charge is 0.466 e. The van der Waals surface area contributed by atoms with E-state index >= 15 is 0 Å². The van der Waals surface area contributed by atoms with Crippen molar-refractivity contribution in [2.45, 2.75) is 19.8 Å². The van der Waals surface area contributed by atoms with Crippen LogP contribution in [0.3, 0.4) is 0 Å². The first kappa shape index (κ1) is 17.1. The zero-order valence-corrected chi connectivity index (χ0v) is 13.6. The molecule has 122 valence electrons. The molecule has 0 atom stereocenters. The summed E-state index contributed by atoms with van der Waals surface area (Å²) < 4.78 is 17.4. The Kier molecular flexibility index (Phi) is 6.68. The summed E-state index contributed by atoms with van der Waals surface area (Å²) in [5.74, 6) is -0.298. The third-order valence-electron chi connectivity index (χ3n) is 2.97. The van der Waals surface area contributed by atoms with Crippen molar-refractivity contribution in [1.29, 1.82) is 0 Å². The monoisotopic (exact) mass is 335 g/mol. The lowest BCUT2D eigenvalue weighted by Gasteiger charge is -2.02. The lowest BCUT2D eigenvalue weighted by atomic mass is 10.1. The minimum atomic E-state index is -0.401. The highest BCUT2D eigenvalue weighted by atomic mass is 32.1. The molecular weight excluding hydrogens is 317 g/mol. The molecule has 0 saturated heterocycles. The first-order chi connectivity index (χ1) is 11.2. The van der Waals surface area contributed by atoms with Crippen molar-refractivity contribution >= 4 is 28.7 Å². The topological polar surface area (TPSA) is 63.6 Å². The number of hydrogen-bond donors (Lipinski definition) is 1. The van der Waals surface area contributed by atoms with Gasteiger partial charge in [-0.25, -0.2) is 4.98 Å². The number of nitrogens with one attached hydrogen (secondary N) is 1. The molecule has 1 N–H and O–H groups in total. The molecule has 2 rings (SSSR count). The summed E-state index contributed by atoms with van der Waals surface area (Å²) in [4.78, 5) is 15.6. The van der Waals surface area contributed by atoms with E-state index in [4.69, 9.17) is 4.74 Å². The van der Waals surface area contributed by atoms with E-state index in [1.807, 2.05) is 24.3 Å². The van der Waals surface area contributed by atoms with Gasteiger partial charge in [0.15, 0.2) is 0 Å². The molecule has 1 aromatic carbocycles. The Bertz CT molecular complexity index is 673. The Morgan fingerprint density at radius 1 is 1.48 bits per heavy atom. The highest BCUT2D eigenvalue weighted by molar-refractivity contribution is 7.13. The van der Waals surface area contributed by atoms with E-state index in [9.17, 15) is 9.18 Å². The minimum absolute atomic E-state index is 0.148. The van der Waals surface area contributed by atoms with E-state index in [-0.39, 0.29) is 12.4 Å². The second-order valence-electron chi connectivity index (χ2n) is 4.63. The highest BCUT2D eigenvalue weighted by Gasteiger charge is 2.07. The van der Waals surface area contributed by atoms with Crippen LogP contribution in [0.1, 0.15) is 23.7 Å². The van der Waals surface area contributed by atoms with Gasteiger partial charge >= 0.3 is 5.97 Å². The number of benzene rings is 1.